The second kappa shape index (κ2) is 5.19. The number of halogens is 2. The fourth-order valence-electron chi connectivity index (χ4n) is 1.86. The smallest absolute Gasteiger partial charge is 0.250 e. The lowest BCUT2D eigenvalue weighted by Crippen LogP contribution is -2.20. The number of aromatic nitrogens is 1. The fraction of sp³-hybridized carbons (Fsp3) is 0.308. The van der Waals surface area contributed by atoms with Gasteiger partial charge in [0.1, 0.15) is 0 Å². The quantitative estimate of drug-likeness (QED) is 0.882. The molecule has 0 amide bonds. The first-order valence-electron chi connectivity index (χ1n) is 5.51. The van der Waals surface area contributed by atoms with Gasteiger partial charge in [0.15, 0.2) is 0 Å². The highest BCUT2D eigenvalue weighted by atomic mass is 19.3. The van der Waals surface area contributed by atoms with Gasteiger partial charge in [-0.1, -0.05) is 18.2 Å². The number of pyridine rings is 1. The fourth-order valence-corrected chi connectivity index (χ4v) is 1.86. The van der Waals surface area contributed by atoms with Gasteiger partial charge in [-0.2, -0.15) is 0 Å². The van der Waals surface area contributed by atoms with Gasteiger partial charge in [0.25, 0.3) is 6.43 Å². The summed E-state index contributed by atoms with van der Waals surface area (Å²) in [7, 11) is 0. The number of alkyl halides is 2. The van der Waals surface area contributed by atoms with Crippen molar-refractivity contribution in [2.24, 2.45) is 0 Å². The van der Waals surface area contributed by atoms with Crippen LogP contribution >= 0.6 is 0 Å². The Labute approximate surface area is 98.7 Å². The van der Waals surface area contributed by atoms with Crippen LogP contribution in [0.25, 0.3) is 10.9 Å². The Morgan fingerprint density at radius 1 is 1.29 bits per heavy atom. The topological polar surface area (TPSA) is 24.9 Å². The highest BCUT2D eigenvalue weighted by molar-refractivity contribution is 5.82. The molecule has 0 unspecified atom stereocenters. The Bertz CT molecular complexity index is 512. The average Bonchev–Trinajstić information content (AvgIpc) is 2.28. The number of fused-ring (bicyclic) bond motifs is 1. The minimum Gasteiger partial charge on any atom is -0.307 e. The van der Waals surface area contributed by atoms with Crippen LogP contribution in [0.3, 0.4) is 0 Å². The van der Waals surface area contributed by atoms with Crippen molar-refractivity contribution in [3.8, 4) is 0 Å². The molecule has 1 N–H and O–H groups in total. The zero-order chi connectivity index (χ0) is 12.3. The van der Waals surface area contributed by atoms with Gasteiger partial charge in [-0.05, 0) is 24.6 Å². The van der Waals surface area contributed by atoms with Crippen LogP contribution in [0.2, 0.25) is 0 Å². The first-order chi connectivity index (χ1) is 8.16. The first-order valence-corrected chi connectivity index (χ1v) is 5.51. The first kappa shape index (κ1) is 11.9. The van der Waals surface area contributed by atoms with E-state index >= 15 is 0 Å². The Morgan fingerprint density at radius 3 is 2.82 bits per heavy atom. The normalized spacial score (nSPS) is 11.3. The van der Waals surface area contributed by atoms with Crippen molar-refractivity contribution in [2.45, 2.75) is 19.9 Å². The monoisotopic (exact) mass is 236 g/mol. The van der Waals surface area contributed by atoms with E-state index in [-0.39, 0.29) is 6.54 Å². The van der Waals surface area contributed by atoms with Gasteiger partial charge in [0, 0.05) is 17.6 Å². The summed E-state index contributed by atoms with van der Waals surface area (Å²) in [5.41, 5.74) is 2.81. The summed E-state index contributed by atoms with van der Waals surface area (Å²) in [4.78, 5) is 4.40. The Morgan fingerprint density at radius 2 is 2.06 bits per heavy atom. The van der Waals surface area contributed by atoms with E-state index in [1.165, 1.54) is 0 Å². The molecule has 0 fully saturated rings. The molecule has 0 radical (unpaired) electrons. The summed E-state index contributed by atoms with van der Waals surface area (Å²) in [6, 6.07) is 9.67. The zero-order valence-corrected chi connectivity index (χ0v) is 9.58. The van der Waals surface area contributed by atoms with Gasteiger partial charge >= 0.3 is 0 Å². The van der Waals surface area contributed by atoms with E-state index in [1.807, 2.05) is 37.3 Å². The molecule has 0 atom stereocenters. The standard InChI is InChI=1S/C13H14F2N2/c1-9-6-10(7-16-8-13(14)15)11-4-2-3-5-12(11)17-9/h2-6,13,16H,7-8H2,1H3. The van der Waals surface area contributed by atoms with Crippen molar-refractivity contribution < 1.29 is 8.78 Å². The minimum absolute atomic E-state index is 0.282. The van der Waals surface area contributed by atoms with Gasteiger partial charge in [-0.15, -0.1) is 0 Å². The van der Waals surface area contributed by atoms with Crippen LogP contribution < -0.4 is 5.32 Å². The summed E-state index contributed by atoms with van der Waals surface area (Å²) >= 11 is 0. The third-order valence-electron chi connectivity index (χ3n) is 2.54. The van der Waals surface area contributed by atoms with Gasteiger partial charge in [-0.3, -0.25) is 4.98 Å². The molecule has 2 rings (SSSR count). The molecule has 90 valence electrons. The van der Waals surface area contributed by atoms with Crippen molar-refractivity contribution in [1.82, 2.24) is 10.3 Å². The summed E-state index contributed by atoms with van der Waals surface area (Å²) in [6.45, 7) is 2.06. The molecule has 4 heteroatoms. The van der Waals surface area contributed by atoms with Crippen LogP contribution in [0.1, 0.15) is 11.3 Å². The van der Waals surface area contributed by atoms with E-state index in [1.54, 1.807) is 0 Å². The predicted octanol–water partition coefficient (Wildman–Crippen LogP) is 2.90. The molecular weight excluding hydrogens is 222 g/mol. The molecule has 1 aromatic carbocycles. The maximum Gasteiger partial charge on any atom is 0.250 e. The van der Waals surface area contributed by atoms with E-state index in [0.29, 0.717) is 6.54 Å². The van der Waals surface area contributed by atoms with Crippen molar-refractivity contribution >= 4 is 10.9 Å². The average molecular weight is 236 g/mol. The maximum absolute atomic E-state index is 12.1. The number of aryl methyl sites for hydroxylation is 1. The van der Waals surface area contributed by atoms with Gasteiger partial charge in [0.05, 0.1) is 12.1 Å². The summed E-state index contributed by atoms with van der Waals surface area (Å²) in [5, 5.41) is 3.76. The molecule has 0 bridgehead atoms. The van der Waals surface area contributed by atoms with Crippen molar-refractivity contribution in [1.29, 1.82) is 0 Å². The number of para-hydroxylation sites is 1. The van der Waals surface area contributed by atoms with Crippen LogP contribution in [-0.2, 0) is 6.54 Å². The Kier molecular flexibility index (Phi) is 3.64. The molecule has 0 aliphatic rings. The molecule has 1 aromatic heterocycles. The van der Waals surface area contributed by atoms with Crippen molar-refractivity contribution in [3.05, 3.63) is 41.6 Å². The maximum atomic E-state index is 12.1. The number of hydrogen-bond acceptors (Lipinski definition) is 2. The van der Waals surface area contributed by atoms with Crippen LogP contribution in [-0.4, -0.2) is 18.0 Å². The molecule has 0 aliphatic carbocycles. The molecule has 0 spiro atoms. The summed E-state index contributed by atoms with van der Waals surface area (Å²) < 4.78 is 24.1. The molecule has 0 saturated heterocycles. The third-order valence-corrected chi connectivity index (χ3v) is 2.54. The highest BCUT2D eigenvalue weighted by Crippen LogP contribution is 2.17. The summed E-state index contributed by atoms with van der Waals surface area (Å²) in [5.74, 6) is 0. The molecule has 2 aromatic rings. The second-order valence-electron chi connectivity index (χ2n) is 3.96. The largest absolute Gasteiger partial charge is 0.307 e. The van der Waals surface area contributed by atoms with Crippen molar-refractivity contribution in [3.63, 3.8) is 0 Å². The second-order valence-corrected chi connectivity index (χ2v) is 3.96. The number of benzene rings is 1. The number of nitrogens with one attached hydrogen (secondary N) is 1. The minimum atomic E-state index is -2.32. The Balaban J connectivity index is 2.26. The van der Waals surface area contributed by atoms with Crippen LogP contribution in [0, 0.1) is 6.92 Å². The van der Waals surface area contributed by atoms with E-state index < -0.39 is 6.43 Å². The Hall–Kier alpha value is -1.55. The van der Waals surface area contributed by atoms with E-state index in [4.69, 9.17) is 0 Å². The van der Waals surface area contributed by atoms with Crippen LogP contribution in [0.4, 0.5) is 8.78 Å². The molecular formula is C13H14F2N2. The van der Waals surface area contributed by atoms with Crippen molar-refractivity contribution in [2.75, 3.05) is 6.54 Å². The lowest BCUT2D eigenvalue weighted by atomic mass is 10.1. The van der Waals surface area contributed by atoms with E-state index in [9.17, 15) is 8.78 Å². The molecule has 1 heterocycles. The van der Waals surface area contributed by atoms with Crippen LogP contribution in [0.15, 0.2) is 30.3 Å². The van der Waals surface area contributed by atoms with Gasteiger partial charge in [0.2, 0.25) is 0 Å². The van der Waals surface area contributed by atoms with E-state index in [2.05, 4.69) is 10.3 Å². The summed E-state index contributed by atoms with van der Waals surface area (Å²) in [6.07, 6.45) is -2.32. The third kappa shape index (κ3) is 2.97. The molecule has 0 saturated carbocycles. The number of hydrogen-bond donors (Lipinski definition) is 1. The molecule has 17 heavy (non-hydrogen) atoms. The lowest BCUT2D eigenvalue weighted by molar-refractivity contribution is 0.145. The zero-order valence-electron chi connectivity index (χ0n) is 9.58. The molecule has 2 nitrogen and oxygen atoms in total. The highest BCUT2D eigenvalue weighted by Gasteiger charge is 2.05. The molecule has 0 aliphatic heterocycles. The van der Waals surface area contributed by atoms with Gasteiger partial charge < -0.3 is 5.32 Å². The predicted molar refractivity (Wildman–Crippen MR) is 64.2 cm³/mol. The lowest BCUT2D eigenvalue weighted by Gasteiger charge is -2.08. The number of nitrogens with zero attached hydrogens (tertiary/aromatic N) is 1. The van der Waals surface area contributed by atoms with Gasteiger partial charge in [-0.25, -0.2) is 8.78 Å². The van der Waals surface area contributed by atoms with Crippen LogP contribution in [0.5, 0.6) is 0 Å². The SMILES string of the molecule is Cc1cc(CNCC(F)F)c2ccccc2n1. The van der Waals surface area contributed by atoms with E-state index in [0.717, 1.165) is 22.2 Å². The number of rotatable bonds is 4.